The summed E-state index contributed by atoms with van der Waals surface area (Å²) in [5.41, 5.74) is 1.07. The molecule has 1 amide bonds. The molecule has 1 saturated heterocycles. The summed E-state index contributed by atoms with van der Waals surface area (Å²) in [4.78, 5) is 16.3. The van der Waals surface area contributed by atoms with Gasteiger partial charge in [0.05, 0.1) is 26.2 Å². The molecule has 1 aliphatic carbocycles. The van der Waals surface area contributed by atoms with Gasteiger partial charge in [-0.1, -0.05) is 25.7 Å². The minimum atomic E-state index is -0.197. The smallest absolute Gasteiger partial charge is 0.278 e. The van der Waals surface area contributed by atoms with Crippen molar-refractivity contribution in [3.63, 3.8) is 0 Å². The molecule has 1 aliphatic heterocycles. The number of hydrogen-bond acceptors (Lipinski definition) is 2. The van der Waals surface area contributed by atoms with Crippen LogP contribution in [0.15, 0.2) is 24.3 Å². The second kappa shape index (κ2) is 8.65. The number of quaternary nitrogens is 1. The van der Waals surface area contributed by atoms with E-state index in [0.717, 1.165) is 44.7 Å². The van der Waals surface area contributed by atoms with E-state index in [1.807, 2.05) is 12.1 Å². The highest BCUT2D eigenvalue weighted by Gasteiger charge is 2.30. The predicted octanol–water partition coefficient (Wildman–Crippen LogP) is 1.76. The molecule has 4 nitrogen and oxygen atoms in total. The molecule has 1 atom stereocenters. The first-order valence-corrected chi connectivity index (χ1v) is 9.79. The number of benzene rings is 1. The Morgan fingerprint density at radius 1 is 1.12 bits per heavy atom. The van der Waals surface area contributed by atoms with Crippen molar-refractivity contribution in [1.82, 2.24) is 5.32 Å². The summed E-state index contributed by atoms with van der Waals surface area (Å²) in [5, 5.41) is 3.29. The molecule has 2 N–H and O–H groups in total. The first-order chi connectivity index (χ1) is 12.1. The molecule has 25 heavy (non-hydrogen) atoms. The van der Waals surface area contributed by atoms with Crippen molar-refractivity contribution < 1.29 is 14.1 Å². The molecule has 1 aromatic rings. The van der Waals surface area contributed by atoms with Crippen LogP contribution in [0.2, 0.25) is 0 Å². The molecule has 1 heterocycles. The topological polar surface area (TPSA) is 36.8 Å². The van der Waals surface area contributed by atoms with E-state index >= 15 is 0 Å². The number of amides is 1. The van der Waals surface area contributed by atoms with Crippen molar-refractivity contribution >= 4 is 11.6 Å². The van der Waals surface area contributed by atoms with E-state index in [4.69, 9.17) is 0 Å². The molecule has 5 heteroatoms. The SMILES string of the molecule is C[C@H](C(=O)NC1CCCCCC1)[NH+]1CCN(c2ccc(F)cc2)CC1. The Bertz CT molecular complexity index is 547. The summed E-state index contributed by atoms with van der Waals surface area (Å²) in [7, 11) is 0. The van der Waals surface area contributed by atoms with Gasteiger partial charge < -0.3 is 15.1 Å². The van der Waals surface area contributed by atoms with Gasteiger partial charge in [0.25, 0.3) is 5.91 Å². The van der Waals surface area contributed by atoms with Gasteiger partial charge in [-0.3, -0.25) is 4.79 Å². The van der Waals surface area contributed by atoms with Crippen LogP contribution in [0.4, 0.5) is 10.1 Å². The lowest BCUT2D eigenvalue weighted by molar-refractivity contribution is -0.914. The molecule has 0 bridgehead atoms. The summed E-state index contributed by atoms with van der Waals surface area (Å²) in [6.45, 7) is 5.74. The van der Waals surface area contributed by atoms with Crippen molar-refractivity contribution in [3.05, 3.63) is 30.1 Å². The van der Waals surface area contributed by atoms with Gasteiger partial charge in [-0.15, -0.1) is 0 Å². The zero-order valence-electron chi connectivity index (χ0n) is 15.3. The monoisotopic (exact) mass is 348 g/mol. The van der Waals surface area contributed by atoms with Crippen molar-refractivity contribution in [2.75, 3.05) is 31.1 Å². The van der Waals surface area contributed by atoms with E-state index in [1.54, 1.807) is 0 Å². The molecule has 0 unspecified atom stereocenters. The average molecular weight is 348 g/mol. The highest BCUT2D eigenvalue weighted by molar-refractivity contribution is 5.80. The van der Waals surface area contributed by atoms with Gasteiger partial charge in [-0.2, -0.15) is 0 Å². The van der Waals surface area contributed by atoms with Gasteiger partial charge in [-0.05, 0) is 44.0 Å². The second-order valence-corrected chi connectivity index (χ2v) is 7.54. The molecular formula is C20H31FN3O+. The minimum Gasteiger partial charge on any atom is -0.360 e. The van der Waals surface area contributed by atoms with Crippen molar-refractivity contribution in [3.8, 4) is 0 Å². The van der Waals surface area contributed by atoms with Crippen LogP contribution in [-0.4, -0.2) is 44.2 Å². The maximum Gasteiger partial charge on any atom is 0.278 e. The molecular weight excluding hydrogens is 317 g/mol. The first-order valence-electron chi connectivity index (χ1n) is 9.79. The van der Waals surface area contributed by atoms with Gasteiger partial charge in [0, 0.05) is 11.7 Å². The van der Waals surface area contributed by atoms with Gasteiger partial charge in [0.2, 0.25) is 0 Å². The van der Waals surface area contributed by atoms with Crippen molar-refractivity contribution in [2.45, 2.75) is 57.5 Å². The highest BCUT2D eigenvalue weighted by atomic mass is 19.1. The maximum absolute atomic E-state index is 13.1. The van der Waals surface area contributed by atoms with Crippen LogP contribution < -0.4 is 15.1 Å². The summed E-state index contributed by atoms with van der Waals surface area (Å²) in [5.74, 6) is 0.00829. The standard InChI is InChI=1S/C20H30FN3O/c1-16(20(25)22-18-6-4-2-3-5-7-18)23-12-14-24(15-13-23)19-10-8-17(21)9-11-19/h8-11,16,18H,2-7,12-15H2,1H3,(H,22,25)/p+1/t16-/m1/s1. The molecule has 2 fully saturated rings. The highest BCUT2D eigenvalue weighted by Crippen LogP contribution is 2.17. The number of anilines is 1. The fraction of sp³-hybridized carbons (Fsp3) is 0.650. The summed E-state index contributed by atoms with van der Waals surface area (Å²) in [6.07, 6.45) is 7.35. The quantitative estimate of drug-likeness (QED) is 0.814. The summed E-state index contributed by atoms with van der Waals surface area (Å²) in [6, 6.07) is 7.07. The molecule has 0 spiro atoms. The number of carbonyl (C=O) groups is 1. The largest absolute Gasteiger partial charge is 0.360 e. The lowest BCUT2D eigenvalue weighted by Gasteiger charge is -2.36. The fourth-order valence-electron chi connectivity index (χ4n) is 4.07. The Morgan fingerprint density at radius 3 is 2.32 bits per heavy atom. The molecule has 1 saturated carbocycles. The lowest BCUT2D eigenvalue weighted by Crippen LogP contribution is -3.19. The Kier molecular flexibility index (Phi) is 6.29. The zero-order chi connectivity index (χ0) is 17.6. The molecule has 2 aliphatic rings. The number of carbonyl (C=O) groups excluding carboxylic acids is 1. The Labute approximate surface area is 150 Å². The van der Waals surface area contributed by atoms with E-state index in [9.17, 15) is 9.18 Å². The van der Waals surface area contributed by atoms with Crippen LogP contribution in [0.25, 0.3) is 0 Å². The number of rotatable bonds is 4. The van der Waals surface area contributed by atoms with E-state index in [2.05, 4.69) is 17.1 Å². The van der Waals surface area contributed by atoms with E-state index in [1.165, 1.54) is 42.7 Å². The van der Waals surface area contributed by atoms with Gasteiger partial charge in [-0.25, -0.2) is 4.39 Å². The zero-order valence-corrected chi connectivity index (χ0v) is 15.3. The number of halogens is 1. The van der Waals surface area contributed by atoms with Crippen LogP contribution in [0, 0.1) is 5.82 Å². The normalized spacial score (nSPS) is 21.6. The first kappa shape index (κ1) is 18.2. The second-order valence-electron chi connectivity index (χ2n) is 7.54. The molecule has 0 aromatic heterocycles. The summed E-state index contributed by atoms with van der Waals surface area (Å²) < 4.78 is 13.1. The average Bonchev–Trinajstić information content (AvgIpc) is 2.90. The van der Waals surface area contributed by atoms with Crippen molar-refractivity contribution in [1.29, 1.82) is 0 Å². The summed E-state index contributed by atoms with van der Waals surface area (Å²) >= 11 is 0. The molecule has 0 radical (unpaired) electrons. The van der Waals surface area contributed by atoms with Gasteiger partial charge in [0.1, 0.15) is 5.82 Å². The molecule has 138 valence electrons. The van der Waals surface area contributed by atoms with E-state index < -0.39 is 0 Å². The van der Waals surface area contributed by atoms with Gasteiger partial charge in [0.15, 0.2) is 6.04 Å². The maximum atomic E-state index is 13.1. The number of hydrogen-bond donors (Lipinski definition) is 2. The van der Waals surface area contributed by atoms with Crippen LogP contribution in [0.1, 0.15) is 45.4 Å². The van der Waals surface area contributed by atoms with E-state index in [-0.39, 0.29) is 17.8 Å². The van der Waals surface area contributed by atoms with E-state index in [0.29, 0.717) is 6.04 Å². The van der Waals surface area contributed by atoms with Crippen LogP contribution in [-0.2, 0) is 4.79 Å². The Morgan fingerprint density at radius 2 is 1.72 bits per heavy atom. The Hall–Kier alpha value is -1.62. The third kappa shape index (κ3) is 4.94. The number of piperazine rings is 1. The molecule has 1 aromatic carbocycles. The molecule has 3 rings (SSSR count). The fourth-order valence-corrected chi connectivity index (χ4v) is 4.07. The lowest BCUT2D eigenvalue weighted by atomic mass is 10.1. The number of nitrogens with zero attached hydrogens (tertiary/aromatic N) is 1. The van der Waals surface area contributed by atoms with Crippen LogP contribution >= 0.6 is 0 Å². The van der Waals surface area contributed by atoms with Gasteiger partial charge >= 0.3 is 0 Å². The number of nitrogens with one attached hydrogen (secondary N) is 2. The third-order valence-electron chi connectivity index (χ3n) is 5.80. The van der Waals surface area contributed by atoms with Crippen molar-refractivity contribution in [2.24, 2.45) is 0 Å². The Balaban J connectivity index is 1.48. The van der Waals surface area contributed by atoms with Crippen LogP contribution in [0.5, 0.6) is 0 Å². The third-order valence-corrected chi connectivity index (χ3v) is 5.80. The predicted molar refractivity (Wildman–Crippen MR) is 98.4 cm³/mol. The van der Waals surface area contributed by atoms with Crippen LogP contribution in [0.3, 0.4) is 0 Å². The minimum absolute atomic E-state index is 0.00128.